The van der Waals surface area contributed by atoms with E-state index in [0.29, 0.717) is 34.4 Å². The van der Waals surface area contributed by atoms with Gasteiger partial charge in [0, 0.05) is 16.6 Å². The van der Waals surface area contributed by atoms with E-state index in [2.05, 4.69) is 10.4 Å². The van der Waals surface area contributed by atoms with E-state index in [4.69, 9.17) is 34.8 Å². The lowest BCUT2D eigenvalue weighted by Crippen LogP contribution is -2.26. The van der Waals surface area contributed by atoms with Crippen molar-refractivity contribution in [1.29, 1.82) is 0 Å². The summed E-state index contributed by atoms with van der Waals surface area (Å²) < 4.78 is 14.5. The third-order valence-electron chi connectivity index (χ3n) is 3.92. The second-order valence-corrected chi connectivity index (χ2v) is 7.15. The zero-order valence-electron chi connectivity index (χ0n) is 14.3. The molecule has 140 valence electrons. The number of aryl methyl sites for hydroxylation is 1. The van der Waals surface area contributed by atoms with Crippen LogP contribution >= 0.6 is 34.8 Å². The number of rotatable bonds is 5. The molecule has 1 aromatic heterocycles. The first kappa shape index (κ1) is 19.7. The Morgan fingerprint density at radius 1 is 1.11 bits per heavy atom. The summed E-state index contributed by atoms with van der Waals surface area (Å²) in [4.78, 5) is 12.5. The molecule has 8 heteroatoms. The van der Waals surface area contributed by atoms with Gasteiger partial charge in [0.15, 0.2) is 0 Å². The van der Waals surface area contributed by atoms with Crippen LogP contribution in [0.25, 0.3) is 5.69 Å². The van der Waals surface area contributed by atoms with Crippen LogP contribution in [0.5, 0.6) is 0 Å². The van der Waals surface area contributed by atoms with Crippen LogP contribution < -0.4 is 5.32 Å². The highest BCUT2D eigenvalue weighted by Crippen LogP contribution is 2.24. The molecule has 1 amide bonds. The standard InChI is InChI=1S/C19H15Cl3FN3O/c1-11-17(18(22)26(25-11)16-4-2-15(23)3-5-16)19(27)24-7-6-12-8-13(20)10-14(21)9-12/h2-5,8-10H,6-7H2,1H3,(H,24,27). The Kier molecular flexibility index (Phi) is 6.05. The Balaban J connectivity index is 1.72. The molecule has 4 nitrogen and oxygen atoms in total. The number of hydrogen-bond acceptors (Lipinski definition) is 2. The highest BCUT2D eigenvalue weighted by molar-refractivity contribution is 6.34. The number of nitrogens with one attached hydrogen (secondary N) is 1. The van der Waals surface area contributed by atoms with Crippen LogP contribution in [0.1, 0.15) is 21.6 Å². The number of nitrogens with zero attached hydrogens (tertiary/aromatic N) is 2. The van der Waals surface area contributed by atoms with Gasteiger partial charge in [-0.1, -0.05) is 34.8 Å². The van der Waals surface area contributed by atoms with Gasteiger partial charge in [-0.3, -0.25) is 4.79 Å². The summed E-state index contributed by atoms with van der Waals surface area (Å²) in [6.45, 7) is 2.07. The maximum atomic E-state index is 13.1. The maximum Gasteiger partial charge on any atom is 0.256 e. The molecule has 0 saturated heterocycles. The van der Waals surface area contributed by atoms with Crippen molar-refractivity contribution in [2.24, 2.45) is 0 Å². The molecule has 0 unspecified atom stereocenters. The van der Waals surface area contributed by atoms with Crippen molar-refractivity contribution in [3.05, 3.63) is 80.3 Å². The van der Waals surface area contributed by atoms with Crippen LogP contribution in [0.4, 0.5) is 4.39 Å². The molecule has 27 heavy (non-hydrogen) atoms. The van der Waals surface area contributed by atoms with Crippen molar-refractivity contribution in [3.8, 4) is 5.69 Å². The monoisotopic (exact) mass is 425 g/mol. The van der Waals surface area contributed by atoms with Crippen LogP contribution in [-0.2, 0) is 6.42 Å². The molecule has 2 aromatic carbocycles. The lowest BCUT2D eigenvalue weighted by atomic mass is 10.1. The predicted molar refractivity (Wildman–Crippen MR) is 106 cm³/mol. The topological polar surface area (TPSA) is 46.9 Å². The Hall–Kier alpha value is -2.08. The van der Waals surface area contributed by atoms with Crippen LogP contribution in [-0.4, -0.2) is 22.2 Å². The van der Waals surface area contributed by atoms with E-state index in [9.17, 15) is 9.18 Å². The van der Waals surface area contributed by atoms with Gasteiger partial charge in [0.05, 0.1) is 16.9 Å². The number of aromatic nitrogens is 2. The molecule has 0 spiro atoms. The van der Waals surface area contributed by atoms with Crippen molar-refractivity contribution in [3.63, 3.8) is 0 Å². The third-order valence-corrected chi connectivity index (χ3v) is 4.71. The van der Waals surface area contributed by atoms with Crippen LogP contribution in [0, 0.1) is 12.7 Å². The van der Waals surface area contributed by atoms with Crippen molar-refractivity contribution >= 4 is 40.7 Å². The number of amides is 1. The summed E-state index contributed by atoms with van der Waals surface area (Å²) in [5, 5.41) is 8.36. The summed E-state index contributed by atoms with van der Waals surface area (Å²) in [5.41, 5.74) is 2.24. The van der Waals surface area contributed by atoms with E-state index in [1.165, 1.54) is 28.9 Å². The summed E-state index contributed by atoms with van der Waals surface area (Å²) >= 11 is 18.3. The highest BCUT2D eigenvalue weighted by atomic mass is 35.5. The van der Waals surface area contributed by atoms with Gasteiger partial charge < -0.3 is 5.32 Å². The van der Waals surface area contributed by atoms with E-state index in [1.807, 2.05) is 0 Å². The lowest BCUT2D eigenvalue weighted by molar-refractivity contribution is 0.0953. The molecule has 1 N–H and O–H groups in total. The minimum absolute atomic E-state index is 0.169. The number of carbonyl (C=O) groups excluding carboxylic acids is 1. The van der Waals surface area contributed by atoms with Gasteiger partial charge in [0.2, 0.25) is 0 Å². The summed E-state index contributed by atoms with van der Waals surface area (Å²) in [5.74, 6) is -0.697. The predicted octanol–water partition coefficient (Wildman–Crippen LogP) is 5.25. The quantitative estimate of drug-likeness (QED) is 0.605. The van der Waals surface area contributed by atoms with E-state index in [1.54, 1.807) is 25.1 Å². The van der Waals surface area contributed by atoms with Crippen molar-refractivity contribution in [1.82, 2.24) is 15.1 Å². The molecule has 0 aliphatic rings. The molecule has 0 bridgehead atoms. The first-order valence-electron chi connectivity index (χ1n) is 8.09. The van der Waals surface area contributed by atoms with Crippen molar-refractivity contribution in [2.45, 2.75) is 13.3 Å². The summed E-state index contributed by atoms with van der Waals surface area (Å²) in [6, 6.07) is 10.9. The fourth-order valence-corrected chi connectivity index (χ4v) is 3.60. The van der Waals surface area contributed by atoms with Gasteiger partial charge in [-0.15, -0.1) is 0 Å². The van der Waals surface area contributed by atoms with Gasteiger partial charge in [-0.05, 0) is 61.4 Å². The highest BCUT2D eigenvalue weighted by Gasteiger charge is 2.20. The maximum absolute atomic E-state index is 13.1. The zero-order chi connectivity index (χ0) is 19.6. The molecular weight excluding hydrogens is 412 g/mol. The Morgan fingerprint density at radius 2 is 1.74 bits per heavy atom. The van der Waals surface area contributed by atoms with E-state index >= 15 is 0 Å². The van der Waals surface area contributed by atoms with E-state index in [-0.39, 0.29) is 22.4 Å². The first-order valence-corrected chi connectivity index (χ1v) is 9.23. The van der Waals surface area contributed by atoms with E-state index < -0.39 is 0 Å². The normalized spacial score (nSPS) is 10.9. The van der Waals surface area contributed by atoms with Crippen LogP contribution in [0.15, 0.2) is 42.5 Å². The Labute approximate surface area is 170 Å². The van der Waals surface area contributed by atoms with Crippen LogP contribution in [0.2, 0.25) is 15.2 Å². The number of benzene rings is 2. The number of carbonyl (C=O) groups is 1. The molecule has 0 aliphatic carbocycles. The lowest BCUT2D eigenvalue weighted by Gasteiger charge is -2.07. The van der Waals surface area contributed by atoms with Crippen LogP contribution in [0.3, 0.4) is 0 Å². The van der Waals surface area contributed by atoms with Gasteiger partial charge in [-0.25, -0.2) is 9.07 Å². The van der Waals surface area contributed by atoms with Crippen molar-refractivity contribution in [2.75, 3.05) is 6.54 Å². The second-order valence-electron chi connectivity index (χ2n) is 5.92. The van der Waals surface area contributed by atoms with Gasteiger partial charge in [0.25, 0.3) is 5.91 Å². The fraction of sp³-hybridized carbons (Fsp3) is 0.158. The molecular formula is C19H15Cl3FN3O. The molecule has 0 radical (unpaired) electrons. The van der Waals surface area contributed by atoms with Crippen molar-refractivity contribution < 1.29 is 9.18 Å². The minimum atomic E-state index is -0.363. The zero-order valence-corrected chi connectivity index (χ0v) is 16.5. The number of hydrogen-bond donors (Lipinski definition) is 1. The van der Waals surface area contributed by atoms with Gasteiger partial charge in [0.1, 0.15) is 11.0 Å². The Bertz CT molecular complexity index is 966. The number of halogens is 4. The molecule has 0 fully saturated rings. The average molecular weight is 427 g/mol. The van der Waals surface area contributed by atoms with Gasteiger partial charge >= 0.3 is 0 Å². The smallest absolute Gasteiger partial charge is 0.256 e. The first-order chi connectivity index (χ1) is 12.8. The molecule has 0 atom stereocenters. The minimum Gasteiger partial charge on any atom is -0.352 e. The molecule has 1 heterocycles. The van der Waals surface area contributed by atoms with E-state index in [0.717, 1.165) is 5.56 Å². The Morgan fingerprint density at radius 3 is 2.37 bits per heavy atom. The fourth-order valence-electron chi connectivity index (χ4n) is 2.67. The van der Waals surface area contributed by atoms with Gasteiger partial charge in [-0.2, -0.15) is 5.10 Å². The third kappa shape index (κ3) is 4.61. The molecule has 0 aliphatic heterocycles. The molecule has 0 saturated carbocycles. The SMILES string of the molecule is Cc1nn(-c2ccc(F)cc2)c(Cl)c1C(=O)NCCc1cc(Cl)cc(Cl)c1. The summed E-state index contributed by atoms with van der Waals surface area (Å²) in [6.07, 6.45) is 0.564. The molecule has 3 aromatic rings. The second kappa shape index (κ2) is 8.30. The largest absolute Gasteiger partial charge is 0.352 e. The summed E-state index contributed by atoms with van der Waals surface area (Å²) in [7, 11) is 0. The molecule has 3 rings (SSSR count). The average Bonchev–Trinajstić information content (AvgIpc) is 2.89.